The van der Waals surface area contributed by atoms with Crippen molar-refractivity contribution in [3.05, 3.63) is 42.6 Å². The van der Waals surface area contributed by atoms with Crippen LogP contribution in [0.1, 0.15) is 38.5 Å². The summed E-state index contributed by atoms with van der Waals surface area (Å²) in [6, 6.07) is 9.85. The Morgan fingerprint density at radius 3 is 2.45 bits per heavy atom. The maximum absolute atomic E-state index is 12.8. The number of allylic oxidation sites excluding steroid dienone is 1. The lowest BCUT2D eigenvalue weighted by atomic mass is 9.47. The van der Waals surface area contributed by atoms with Crippen molar-refractivity contribution < 1.29 is 9.90 Å². The van der Waals surface area contributed by atoms with E-state index in [0.717, 1.165) is 31.4 Å². The molecule has 0 spiro atoms. The summed E-state index contributed by atoms with van der Waals surface area (Å²) in [6.07, 6.45) is 9.07. The topological polar surface area (TPSA) is 49.3 Å². The lowest BCUT2D eigenvalue weighted by Gasteiger charge is -2.59. The van der Waals surface area contributed by atoms with Crippen LogP contribution >= 0.6 is 0 Å². The quantitative estimate of drug-likeness (QED) is 0.836. The van der Waals surface area contributed by atoms with Crippen LogP contribution in [-0.4, -0.2) is 16.5 Å². The van der Waals surface area contributed by atoms with E-state index in [1.807, 2.05) is 30.3 Å². The molecule has 2 unspecified atom stereocenters. The molecule has 1 aromatic carbocycles. The third-order valence-corrected chi connectivity index (χ3v) is 5.81. The van der Waals surface area contributed by atoms with Crippen LogP contribution in [0.3, 0.4) is 0 Å². The predicted molar refractivity (Wildman–Crippen MR) is 86.3 cm³/mol. The third-order valence-electron chi connectivity index (χ3n) is 5.81. The SMILES string of the molecule is O=C(/C=C\Nc1ccccc1)C12CC3CC(CC(O)(C3)C1)C2. The van der Waals surface area contributed by atoms with E-state index in [4.69, 9.17) is 0 Å². The van der Waals surface area contributed by atoms with Crippen molar-refractivity contribution in [1.82, 2.24) is 0 Å². The summed E-state index contributed by atoms with van der Waals surface area (Å²) in [5, 5.41) is 13.9. The van der Waals surface area contributed by atoms with E-state index in [-0.39, 0.29) is 11.2 Å². The Balaban J connectivity index is 1.48. The molecule has 4 aliphatic carbocycles. The normalized spacial score (nSPS) is 39.3. The molecule has 0 radical (unpaired) electrons. The van der Waals surface area contributed by atoms with Crippen LogP contribution in [0, 0.1) is 17.3 Å². The van der Waals surface area contributed by atoms with Gasteiger partial charge in [-0.15, -0.1) is 0 Å². The zero-order valence-corrected chi connectivity index (χ0v) is 12.8. The number of para-hydroxylation sites is 1. The minimum atomic E-state index is -0.569. The Kier molecular flexibility index (Phi) is 3.15. The van der Waals surface area contributed by atoms with E-state index >= 15 is 0 Å². The number of hydrogen-bond donors (Lipinski definition) is 2. The van der Waals surface area contributed by atoms with Gasteiger partial charge < -0.3 is 10.4 Å². The number of hydrogen-bond acceptors (Lipinski definition) is 3. The Labute approximate surface area is 131 Å². The first-order valence-electron chi connectivity index (χ1n) is 8.32. The lowest BCUT2D eigenvalue weighted by Crippen LogP contribution is -2.57. The second-order valence-electron chi connectivity index (χ2n) is 7.67. The fourth-order valence-electron chi connectivity index (χ4n) is 5.43. The van der Waals surface area contributed by atoms with Crippen molar-refractivity contribution in [2.45, 2.75) is 44.1 Å². The average Bonchev–Trinajstić information content (AvgIpc) is 2.45. The first kappa shape index (κ1) is 14.0. The highest BCUT2D eigenvalue weighted by atomic mass is 16.3. The van der Waals surface area contributed by atoms with Gasteiger partial charge in [0, 0.05) is 17.3 Å². The van der Waals surface area contributed by atoms with Crippen LogP contribution in [0.25, 0.3) is 0 Å². The monoisotopic (exact) mass is 297 g/mol. The van der Waals surface area contributed by atoms with Gasteiger partial charge in [0.25, 0.3) is 0 Å². The summed E-state index contributed by atoms with van der Waals surface area (Å²) in [7, 11) is 0. The van der Waals surface area contributed by atoms with Crippen LogP contribution in [-0.2, 0) is 4.79 Å². The molecule has 3 heteroatoms. The van der Waals surface area contributed by atoms with Crippen molar-refractivity contribution in [1.29, 1.82) is 0 Å². The molecular weight excluding hydrogens is 274 g/mol. The van der Waals surface area contributed by atoms with E-state index in [9.17, 15) is 9.90 Å². The standard InChI is InChI=1S/C19H23NO2/c21-17(6-7-20-16-4-2-1-3-5-16)18-9-14-8-15(10-18)12-19(22,11-14)13-18/h1-7,14-15,20,22H,8-13H2/b7-6-. The van der Waals surface area contributed by atoms with E-state index < -0.39 is 5.60 Å². The summed E-state index contributed by atoms with van der Waals surface area (Å²) in [5.41, 5.74) is 0.115. The van der Waals surface area contributed by atoms with Gasteiger partial charge in [-0.2, -0.15) is 0 Å². The van der Waals surface area contributed by atoms with Gasteiger partial charge in [0.1, 0.15) is 0 Å². The van der Waals surface area contributed by atoms with Gasteiger partial charge >= 0.3 is 0 Å². The molecule has 4 aliphatic rings. The van der Waals surface area contributed by atoms with Crippen molar-refractivity contribution in [2.24, 2.45) is 17.3 Å². The molecule has 4 bridgehead atoms. The van der Waals surface area contributed by atoms with E-state index in [2.05, 4.69) is 5.32 Å². The molecule has 0 aromatic heterocycles. The highest BCUT2D eigenvalue weighted by Crippen LogP contribution is 2.61. The Morgan fingerprint density at radius 1 is 1.14 bits per heavy atom. The van der Waals surface area contributed by atoms with Gasteiger partial charge in [-0.05, 0) is 68.6 Å². The molecule has 1 aromatic rings. The van der Waals surface area contributed by atoms with Crippen LogP contribution in [0.15, 0.2) is 42.6 Å². The molecule has 4 fully saturated rings. The van der Waals surface area contributed by atoms with Crippen LogP contribution < -0.4 is 5.32 Å². The van der Waals surface area contributed by atoms with Gasteiger partial charge in [-0.1, -0.05) is 18.2 Å². The molecule has 22 heavy (non-hydrogen) atoms. The molecule has 0 aliphatic heterocycles. The Morgan fingerprint density at radius 2 is 1.82 bits per heavy atom. The van der Waals surface area contributed by atoms with Crippen LogP contribution in [0.2, 0.25) is 0 Å². The summed E-state index contributed by atoms with van der Waals surface area (Å²) in [6.45, 7) is 0. The highest BCUT2D eigenvalue weighted by molar-refractivity contribution is 5.95. The second-order valence-corrected chi connectivity index (χ2v) is 7.67. The van der Waals surface area contributed by atoms with E-state index in [1.54, 1.807) is 12.3 Å². The Bertz CT molecular complexity index is 593. The number of nitrogens with one attached hydrogen (secondary N) is 1. The largest absolute Gasteiger partial charge is 0.390 e. The fraction of sp³-hybridized carbons (Fsp3) is 0.526. The summed E-state index contributed by atoms with van der Waals surface area (Å²) >= 11 is 0. The van der Waals surface area contributed by atoms with Crippen molar-refractivity contribution in [2.75, 3.05) is 5.32 Å². The van der Waals surface area contributed by atoms with Gasteiger partial charge in [0.2, 0.25) is 0 Å². The highest BCUT2D eigenvalue weighted by Gasteiger charge is 2.59. The summed E-state index contributed by atoms with van der Waals surface area (Å²) in [4.78, 5) is 12.8. The zero-order chi connectivity index (χ0) is 15.2. The first-order valence-corrected chi connectivity index (χ1v) is 8.32. The fourth-order valence-corrected chi connectivity index (χ4v) is 5.43. The summed E-state index contributed by atoms with van der Waals surface area (Å²) in [5.74, 6) is 1.29. The molecular formula is C19H23NO2. The number of rotatable bonds is 4. The van der Waals surface area contributed by atoms with Gasteiger partial charge in [0.15, 0.2) is 5.78 Å². The number of anilines is 1. The molecule has 0 saturated heterocycles. The first-order chi connectivity index (χ1) is 10.6. The summed E-state index contributed by atoms with van der Waals surface area (Å²) < 4.78 is 0. The number of carbonyl (C=O) groups is 1. The smallest absolute Gasteiger partial charge is 0.163 e. The molecule has 0 heterocycles. The number of ketones is 1. The number of benzene rings is 1. The molecule has 2 N–H and O–H groups in total. The zero-order valence-electron chi connectivity index (χ0n) is 12.8. The van der Waals surface area contributed by atoms with Gasteiger partial charge in [-0.25, -0.2) is 0 Å². The average molecular weight is 297 g/mol. The molecule has 0 amide bonds. The van der Waals surface area contributed by atoms with Crippen molar-refractivity contribution in [3.8, 4) is 0 Å². The third kappa shape index (κ3) is 2.38. The van der Waals surface area contributed by atoms with Gasteiger partial charge in [0.05, 0.1) is 5.60 Å². The maximum atomic E-state index is 12.8. The second kappa shape index (κ2) is 4.95. The van der Waals surface area contributed by atoms with Crippen molar-refractivity contribution in [3.63, 3.8) is 0 Å². The molecule has 4 saturated carbocycles. The van der Waals surface area contributed by atoms with Crippen molar-refractivity contribution >= 4 is 11.5 Å². The molecule has 5 rings (SSSR count). The van der Waals surface area contributed by atoms with Crippen LogP contribution in [0.4, 0.5) is 5.69 Å². The Hall–Kier alpha value is -1.61. The van der Waals surface area contributed by atoms with Crippen LogP contribution in [0.5, 0.6) is 0 Å². The minimum absolute atomic E-state index is 0.198. The molecule has 2 atom stereocenters. The molecule has 116 valence electrons. The van der Waals surface area contributed by atoms with Gasteiger partial charge in [-0.3, -0.25) is 4.79 Å². The maximum Gasteiger partial charge on any atom is 0.163 e. The number of aliphatic hydroxyl groups is 1. The van der Waals surface area contributed by atoms with E-state index in [0.29, 0.717) is 18.3 Å². The minimum Gasteiger partial charge on any atom is -0.390 e. The molecule has 3 nitrogen and oxygen atoms in total. The number of carbonyl (C=O) groups excluding carboxylic acids is 1. The predicted octanol–water partition coefficient (Wildman–Crippen LogP) is 3.51. The van der Waals surface area contributed by atoms with E-state index in [1.165, 1.54) is 6.42 Å². The lowest BCUT2D eigenvalue weighted by molar-refractivity contribution is -0.173.